The summed E-state index contributed by atoms with van der Waals surface area (Å²) in [6.07, 6.45) is 0. The lowest BCUT2D eigenvalue weighted by atomic mass is 10.0. The molecular weight excluding hydrogens is 500 g/mol. The Morgan fingerprint density at radius 2 is 0.756 bits per heavy atom. The van der Waals surface area contributed by atoms with E-state index >= 15 is 0 Å². The highest BCUT2D eigenvalue weighted by Gasteiger charge is 2.13. The van der Waals surface area contributed by atoms with Gasteiger partial charge in [-0.2, -0.15) is 0 Å². The summed E-state index contributed by atoms with van der Waals surface area (Å²) in [5.41, 5.74) is 8.02. The maximum atomic E-state index is 6.02. The number of hydrogen-bond donors (Lipinski definition) is 0. The molecule has 0 saturated carbocycles. The van der Waals surface area contributed by atoms with Crippen molar-refractivity contribution in [3.05, 3.63) is 164 Å². The molecule has 0 atom stereocenters. The second-order valence-electron chi connectivity index (χ2n) is 9.75. The molecule has 0 aliphatic carbocycles. The Morgan fingerprint density at radius 3 is 1.27 bits per heavy atom. The fourth-order valence-corrected chi connectivity index (χ4v) is 5.07. The fraction of sp³-hybridized carbons (Fsp3) is 0.0526. The van der Waals surface area contributed by atoms with E-state index in [0.29, 0.717) is 0 Å². The molecule has 6 rings (SSSR count). The van der Waals surface area contributed by atoms with Crippen molar-refractivity contribution in [3.63, 3.8) is 0 Å². The van der Waals surface area contributed by atoms with Gasteiger partial charge in [-0.15, -0.1) is 0 Å². The zero-order valence-corrected chi connectivity index (χ0v) is 23.1. The molecular formula is C38H32N2O. The van der Waals surface area contributed by atoms with Gasteiger partial charge in [0.1, 0.15) is 11.5 Å². The molecule has 200 valence electrons. The predicted molar refractivity (Wildman–Crippen MR) is 172 cm³/mol. The first-order valence-corrected chi connectivity index (χ1v) is 14.0. The Balaban J connectivity index is 1.25. The number of hydrogen-bond acceptors (Lipinski definition) is 3. The van der Waals surface area contributed by atoms with Crippen molar-refractivity contribution in [2.45, 2.75) is 6.92 Å². The summed E-state index contributed by atoms with van der Waals surface area (Å²) in [6, 6.07) is 56.6. The molecule has 6 aromatic rings. The van der Waals surface area contributed by atoms with Crippen molar-refractivity contribution in [2.24, 2.45) is 0 Å². The summed E-state index contributed by atoms with van der Waals surface area (Å²) in [4.78, 5) is 4.58. The van der Waals surface area contributed by atoms with Gasteiger partial charge in [0.05, 0.1) is 0 Å². The second kappa shape index (κ2) is 12.3. The van der Waals surface area contributed by atoms with E-state index < -0.39 is 0 Å². The Morgan fingerprint density at radius 1 is 0.390 bits per heavy atom. The smallest absolute Gasteiger partial charge is 0.127 e. The zero-order chi connectivity index (χ0) is 27.9. The van der Waals surface area contributed by atoms with E-state index in [-0.39, 0.29) is 0 Å². The van der Waals surface area contributed by atoms with Crippen LogP contribution in [0.25, 0.3) is 11.1 Å². The van der Waals surface area contributed by atoms with Crippen molar-refractivity contribution in [1.29, 1.82) is 0 Å². The molecule has 3 heteroatoms. The topological polar surface area (TPSA) is 15.7 Å². The van der Waals surface area contributed by atoms with E-state index in [1.807, 2.05) is 48.5 Å². The molecule has 6 aromatic carbocycles. The first-order valence-electron chi connectivity index (χ1n) is 14.0. The van der Waals surface area contributed by atoms with E-state index in [9.17, 15) is 0 Å². The minimum absolute atomic E-state index is 0.806. The third-order valence-corrected chi connectivity index (χ3v) is 7.11. The second-order valence-corrected chi connectivity index (χ2v) is 9.75. The first kappa shape index (κ1) is 26.0. The quantitative estimate of drug-likeness (QED) is 0.184. The Hall–Kier alpha value is -5.28. The van der Waals surface area contributed by atoms with Crippen molar-refractivity contribution < 1.29 is 4.74 Å². The maximum absolute atomic E-state index is 6.02. The molecule has 0 bridgehead atoms. The van der Waals surface area contributed by atoms with Crippen molar-refractivity contribution >= 4 is 28.4 Å². The van der Waals surface area contributed by atoms with Gasteiger partial charge in [0.2, 0.25) is 0 Å². The van der Waals surface area contributed by atoms with Gasteiger partial charge in [0.15, 0.2) is 0 Å². The van der Waals surface area contributed by atoms with Crippen LogP contribution in [-0.4, -0.2) is 6.54 Å². The highest BCUT2D eigenvalue weighted by atomic mass is 16.5. The number of para-hydroxylation sites is 3. The normalized spacial score (nSPS) is 10.7. The van der Waals surface area contributed by atoms with Crippen molar-refractivity contribution in [2.75, 3.05) is 16.3 Å². The van der Waals surface area contributed by atoms with Gasteiger partial charge in [-0.3, -0.25) is 0 Å². The Bertz CT molecular complexity index is 1650. The maximum Gasteiger partial charge on any atom is 0.127 e. The third kappa shape index (κ3) is 6.00. The minimum atomic E-state index is 0.806. The summed E-state index contributed by atoms with van der Waals surface area (Å²) >= 11 is 0. The van der Waals surface area contributed by atoms with Crippen LogP contribution in [0.4, 0.5) is 28.4 Å². The van der Waals surface area contributed by atoms with Crippen LogP contribution in [-0.2, 0) is 0 Å². The molecule has 0 heterocycles. The summed E-state index contributed by atoms with van der Waals surface area (Å²) in [7, 11) is 0. The van der Waals surface area contributed by atoms with E-state index in [1.54, 1.807) is 0 Å². The highest BCUT2D eigenvalue weighted by molar-refractivity contribution is 5.79. The molecule has 0 radical (unpaired) electrons. The number of benzene rings is 6. The average Bonchev–Trinajstić information content (AvgIpc) is 3.05. The summed E-state index contributed by atoms with van der Waals surface area (Å²) in [6.45, 7) is 3.09. The number of ether oxygens (including phenoxy) is 1. The Labute approximate surface area is 242 Å². The zero-order valence-electron chi connectivity index (χ0n) is 23.1. The standard InChI is InChI=1S/C38H32N2O/c1-2-39(32-12-6-3-7-13-32)33-22-18-30(19-23-33)31-20-24-35(25-21-31)40(34-14-8-4-9-15-34)36-26-28-38(29-27-36)41-37-16-10-5-11-17-37/h3-29H,2H2,1H3. The van der Waals surface area contributed by atoms with E-state index in [0.717, 1.165) is 35.1 Å². The molecule has 3 nitrogen and oxygen atoms in total. The van der Waals surface area contributed by atoms with Crippen LogP contribution >= 0.6 is 0 Å². The highest BCUT2D eigenvalue weighted by Crippen LogP contribution is 2.37. The summed E-state index contributed by atoms with van der Waals surface area (Å²) in [5, 5.41) is 0. The van der Waals surface area contributed by atoms with Gasteiger partial charge in [-0.1, -0.05) is 78.9 Å². The molecule has 0 aliphatic heterocycles. The van der Waals surface area contributed by atoms with Gasteiger partial charge in [-0.05, 0) is 103 Å². The molecule has 0 amide bonds. The molecule has 0 spiro atoms. The van der Waals surface area contributed by atoms with Crippen LogP contribution in [0.3, 0.4) is 0 Å². The van der Waals surface area contributed by atoms with Crippen LogP contribution in [0, 0.1) is 0 Å². The SMILES string of the molecule is CCN(c1ccccc1)c1ccc(-c2ccc(N(c3ccccc3)c3ccc(Oc4ccccc4)cc3)cc2)cc1. The average molecular weight is 533 g/mol. The molecule has 0 saturated heterocycles. The molecule has 0 unspecified atom stereocenters. The molecule has 0 N–H and O–H groups in total. The largest absolute Gasteiger partial charge is 0.457 e. The van der Waals surface area contributed by atoms with Gasteiger partial charge in [0, 0.05) is 35.0 Å². The summed E-state index contributed by atoms with van der Waals surface area (Å²) in [5.74, 6) is 1.63. The van der Waals surface area contributed by atoms with Crippen molar-refractivity contribution in [1.82, 2.24) is 0 Å². The molecule has 0 fully saturated rings. The lowest BCUT2D eigenvalue weighted by molar-refractivity contribution is 0.483. The fourth-order valence-electron chi connectivity index (χ4n) is 5.07. The summed E-state index contributed by atoms with van der Waals surface area (Å²) < 4.78 is 6.02. The Kier molecular flexibility index (Phi) is 7.77. The van der Waals surface area contributed by atoms with Gasteiger partial charge < -0.3 is 14.5 Å². The van der Waals surface area contributed by atoms with E-state index in [4.69, 9.17) is 4.74 Å². The van der Waals surface area contributed by atoms with Crippen LogP contribution < -0.4 is 14.5 Å². The molecule has 0 aliphatic rings. The van der Waals surface area contributed by atoms with Gasteiger partial charge >= 0.3 is 0 Å². The number of nitrogens with zero attached hydrogens (tertiary/aromatic N) is 2. The monoisotopic (exact) mass is 532 g/mol. The van der Waals surface area contributed by atoms with Crippen LogP contribution in [0.2, 0.25) is 0 Å². The lowest BCUT2D eigenvalue weighted by Crippen LogP contribution is -2.15. The molecule has 41 heavy (non-hydrogen) atoms. The third-order valence-electron chi connectivity index (χ3n) is 7.11. The van der Waals surface area contributed by atoms with Gasteiger partial charge in [0.25, 0.3) is 0 Å². The minimum Gasteiger partial charge on any atom is -0.457 e. The first-order chi connectivity index (χ1) is 20.3. The van der Waals surface area contributed by atoms with E-state index in [1.165, 1.54) is 22.5 Å². The van der Waals surface area contributed by atoms with Crippen molar-refractivity contribution in [3.8, 4) is 22.6 Å². The number of anilines is 5. The van der Waals surface area contributed by atoms with Crippen LogP contribution in [0.5, 0.6) is 11.5 Å². The van der Waals surface area contributed by atoms with Gasteiger partial charge in [-0.25, -0.2) is 0 Å². The predicted octanol–water partition coefficient (Wildman–Crippen LogP) is 10.8. The number of rotatable bonds is 9. The van der Waals surface area contributed by atoms with Crippen LogP contribution in [0.1, 0.15) is 6.92 Å². The lowest BCUT2D eigenvalue weighted by Gasteiger charge is -2.26. The molecule has 0 aromatic heterocycles. The van der Waals surface area contributed by atoms with E-state index in [2.05, 4.69) is 132 Å². The van der Waals surface area contributed by atoms with Crippen LogP contribution in [0.15, 0.2) is 164 Å².